The maximum atomic E-state index is 13.6. The van der Waals surface area contributed by atoms with Gasteiger partial charge >= 0.3 is 6.09 Å². The molecule has 2 aromatic heterocycles. The lowest BCUT2D eigenvalue weighted by molar-refractivity contribution is 0.0216. The van der Waals surface area contributed by atoms with Gasteiger partial charge in [-0.2, -0.15) is 9.37 Å². The second-order valence-corrected chi connectivity index (χ2v) is 9.84. The molecule has 0 aliphatic carbocycles. The van der Waals surface area contributed by atoms with E-state index < -0.39 is 5.60 Å². The second kappa shape index (κ2) is 7.74. The van der Waals surface area contributed by atoms with Gasteiger partial charge in [0.25, 0.3) is 6.01 Å². The molecule has 1 aromatic carbocycles. The molecular weight excluding hydrogens is 429 g/mol. The summed E-state index contributed by atoms with van der Waals surface area (Å²) in [5, 5.41) is 0.235. The quantitative estimate of drug-likeness (QED) is 0.493. The molecule has 0 bridgehead atoms. The Morgan fingerprint density at radius 3 is 2.73 bits per heavy atom. The number of ether oxygens (including phenoxy) is 1. The molecule has 9 heteroatoms. The van der Waals surface area contributed by atoms with Crippen LogP contribution in [0.3, 0.4) is 0 Å². The van der Waals surface area contributed by atoms with E-state index in [1.807, 2.05) is 32.6 Å². The van der Waals surface area contributed by atoms with Crippen molar-refractivity contribution in [2.24, 2.45) is 0 Å². The number of amides is 1. The van der Waals surface area contributed by atoms with Crippen molar-refractivity contribution in [1.82, 2.24) is 9.88 Å². The zero-order chi connectivity index (χ0) is 21.6. The SMILES string of the molecule is CC1CN(C(=O)OC(C)(C)C)CCN1c1nc2cc(Cl)cc(-c3ccc(F)s3)c2o1. The first kappa shape index (κ1) is 20.9. The zero-order valence-electron chi connectivity index (χ0n) is 17.2. The standard InChI is InChI=1S/C21H23ClFN3O3S/c1-12-11-25(20(27)29-21(2,3)4)7-8-26(12)19-24-15-10-13(22)9-14(18(15)28-19)16-5-6-17(23)30-16/h5-6,9-10,12H,7-8,11H2,1-4H3. The number of piperazine rings is 1. The van der Waals surface area contributed by atoms with Crippen molar-refractivity contribution in [1.29, 1.82) is 0 Å². The predicted octanol–water partition coefficient (Wildman–Crippen LogP) is 5.79. The van der Waals surface area contributed by atoms with Gasteiger partial charge < -0.3 is 19.0 Å². The Labute approximate surface area is 183 Å². The van der Waals surface area contributed by atoms with Crippen LogP contribution in [0.1, 0.15) is 27.7 Å². The summed E-state index contributed by atoms with van der Waals surface area (Å²) < 4.78 is 25.1. The molecule has 3 heterocycles. The van der Waals surface area contributed by atoms with Crippen LogP contribution in [0.2, 0.25) is 5.02 Å². The van der Waals surface area contributed by atoms with Gasteiger partial charge in [0.05, 0.1) is 0 Å². The van der Waals surface area contributed by atoms with E-state index >= 15 is 0 Å². The first-order valence-electron chi connectivity index (χ1n) is 9.71. The first-order chi connectivity index (χ1) is 14.1. The Bertz CT molecular complexity index is 1090. The number of hydrogen-bond donors (Lipinski definition) is 0. The molecular formula is C21H23ClFN3O3S. The normalized spacial score (nSPS) is 17.6. The molecule has 1 saturated heterocycles. The van der Waals surface area contributed by atoms with Crippen molar-refractivity contribution in [3.05, 3.63) is 34.4 Å². The van der Waals surface area contributed by atoms with Gasteiger partial charge in [-0.25, -0.2) is 4.79 Å². The molecule has 6 nitrogen and oxygen atoms in total. The van der Waals surface area contributed by atoms with Crippen LogP contribution in [0.15, 0.2) is 28.7 Å². The van der Waals surface area contributed by atoms with E-state index in [0.717, 1.165) is 16.2 Å². The third kappa shape index (κ3) is 4.25. The van der Waals surface area contributed by atoms with Crippen LogP contribution in [0.25, 0.3) is 21.5 Å². The highest BCUT2D eigenvalue weighted by atomic mass is 35.5. The number of rotatable bonds is 2. The second-order valence-electron chi connectivity index (χ2n) is 8.37. The van der Waals surface area contributed by atoms with Gasteiger partial charge in [-0.05, 0) is 52.0 Å². The first-order valence-corrected chi connectivity index (χ1v) is 10.9. The smallest absolute Gasteiger partial charge is 0.410 e. The molecule has 4 rings (SSSR count). The number of aromatic nitrogens is 1. The molecule has 0 N–H and O–H groups in total. The van der Waals surface area contributed by atoms with Gasteiger partial charge in [0.1, 0.15) is 11.1 Å². The lowest BCUT2D eigenvalue weighted by atomic mass is 10.1. The molecule has 1 amide bonds. The van der Waals surface area contributed by atoms with Crippen molar-refractivity contribution >= 4 is 46.1 Å². The van der Waals surface area contributed by atoms with Crippen LogP contribution >= 0.6 is 22.9 Å². The van der Waals surface area contributed by atoms with Crippen molar-refractivity contribution < 1.29 is 18.3 Å². The summed E-state index contributed by atoms with van der Waals surface area (Å²) in [7, 11) is 0. The summed E-state index contributed by atoms with van der Waals surface area (Å²) in [5.74, 6) is 0. The van der Waals surface area contributed by atoms with Crippen molar-refractivity contribution in [2.75, 3.05) is 24.5 Å². The molecule has 160 valence electrons. The van der Waals surface area contributed by atoms with Gasteiger partial charge in [-0.15, -0.1) is 11.3 Å². The minimum Gasteiger partial charge on any atom is -0.444 e. The Morgan fingerprint density at radius 2 is 2.10 bits per heavy atom. The number of halogens is 2. The topological polar surface area (TPSA) is 58.8 Å². The van der Waals surface area contributed by atoms with Crippen molar-refractivity contribution in [3.63, 3.8) is 0 Å². The lowest BCUT2D eigenvalue weighted by Gasteiger charge is -2.39. The van der Waals surface area contributed by atoms with E-state index in [1.54, 1.807) is 23.1 Å². The minimum atomic E-state index is -0.533. The van der Waals surface area contributed by atoms with Gasteiger partial charge in [0.2, 0.25) is 0 Å². The highest BCUT2D eigenvalue weighted by Gasteiger charge is 2.32. The lowest BCUT2D eigenvalue weighted by Crippen LogP contribution is -2.54. The molecule has 1 aliphatic rings. The van der Waals surface area contributed by atoms with E-state index in [2.05, 4.69) is 4.98 Å². The number of carbonyl (C=O) groups excluding carboxylic acids is 1. The fourth-order valence-electron chi connectivity index (χ4n) is 3.49. The molecule has 3 aromatic rings. The number of nitrogens with zero attached hydrogens (tertiary/aromatic N) is 3. The number of carbonyl (C=O) groups is 1. The van der Waals surface area contributed by atoms with E-state index in [9.17, 15) is 9.18 Å². The summed E-state index contributed by atoms with van der Waals surface area (Å²) in [6, 6.07) is 7.06. The summed E-state index contributed by atoms with van der Waals surface area (Å²) in [6.45, 7) is 9.12. The Balaban J connectivity index is 1.59. The molecule has 0 spiro atoms. The third-order valence-electron chi connectivity index (χ3n) is 4.81. The average molecular weight is 452 g/mol. The van der Waals surface area contributed by atoms with E-state index in [4.69, 9.17) is 20.8 Å². The summed E-state index contributed by atoms with van der Waals surface area (Å²) in [5.41, 5.74) is 1.36. The van der Waals surface area contributed by atoms with E-state index in [1.165, 1.54) is 6.07 Å². The zero-order valence-corrected chi connectivity index (χ0v) is 18.8. The highest BCUT2D eigenvalue weighted by molar-refractivity contribution is 7.14. The fraction of sp³-hybridized carbons (Fsp3) is 0.429. The van der Waals surface area contributed by atoms with Crippen LogP contribution in [0.4, 0.5) is 15.2 Å². The monoisotopic (exact) mass is 451 g/mol. The van der Waals surface area contributed by atoms with Crippen molar-refractivity contribution in [3.8, 4) is 10.4 Å². The predicted molar refractivity (Wildman–Crippen MR) is 117 cm³/mol. The number of anilines is 1. The van der Waals surface area contributed by atoms with Gasteiger partial charge in [-0.1, -0.05) is 11.6 Å². The third-order valence-corrected chi connectivity index (χ3v) is 5.93. The largest absolute Gasteiger partial charge is 0.444 e. The number of hydrogen-bond acceptors (Lipinski definition) is 6. The molecule has 1 aliphatic heterocycles. The highest BCUT2D eigenvalue weighted by Crippen LogP contribution is 2.38. The van der Waals surface area contributed by atoms with Crippen LogP contribution in [0.5, 0.6) is 0 Å². The maximum Gasteiger partial charge on any atom is 0.410 e. The Morgan fingerprint density at radius 1 is 1.33 bits per heavy atom. The van der Waals surface area contributed by atoms with Crippen LogP contribution in [-0.4, -0.2) is 47.3 Å². The fourth-order valence-corrected chi connectivity index (χ4v) is 4.44. The maximum absolute atomic E-state index is 13.6. The van der Waals surface area contributed by atoms with Gasteiger partial charge in [0.15, 0.2) is 10.7 Å². The van der Waals surface area contributed by atoms with Crippen LogP contribution in [0, 0.1) is 5.13 Å². The Hall–Kier alpha value is -2.32. The molecule has 1 atom stereocenters. The summed E-state index contributed by atoms with van der Waals surface area (Å²) in [4.78, 5) is 21.5. The minimum absolute atomic E-state index is 0.0163. The number of fused-ring (bicyclic) bond motifs is 1. The van der Waals surface area contributed by atoms with E-state index in [0.29, 0.717) is 47.3 Å². The molecule has 0 radical (unpaired) electrons. The van der Waals surface area contributed by atoms with E-state index in [-0.39, 0.29) is 17.3 Å². The summed E-state index contributed by atoms with van der Waals surface area (Å²) in [6.07, 6.45) is -0.319. The molecule has 1 fully saturated rings. The number of thiophene rings is 1. The number of benzene rings is 1. The number of oxazole rings is 1. The Kier molecular flexibility index (Phi) is 5.40. The van der Waals surface area contributed by atoms with Gasteiger partial charge in [0, 0.05) is 41.1 Å². The molecule has 0 saturated carbocycles. The van der Waals surface area contributed by atoms with Crippen molar-refractivity contribution in [2.45, 2.75) is 39.3 Å². The summed E-state index contributed by atoms with van der Waals surface area (Å²) >= 11 is 7.30. The van der Waals surface area contributed by atoms with Crippen LogP contribution < -0.4 is 4.90 Å². The molecule has 30 heavy (non-hydrogen) atoms. The van der Waals surface area contributed by atoms with Crippen LogP contribution in [-0.2, 0) is 4.74 Å². The molecule has 1 unspecified atom stereocenters. The average Bonchev–Trinajstić information content (AvgIpc) is 3.25. The van der Waals surface area contributed by atoms with Gasteiger partial charge in [-0.3, -0.25) is 0 Å².